The van der Waals surface area contributed by atoms with Gasteiger partial charge in [-0.2, -0.15) is 0 Å². The lowest BCUT2D eigenvalue weighted by Gasteiger charge is -2.25. The van der Waals surface area contributed by atoms with Gasteiger partial charge in [-0.3, -0.25) is 4.79 Å². The number of carbonyl (C=O) groups is 1. The van der Waals surface area contributed by atoms with E-state index in [9.17, 15) is 4.79 Å². The average molecular weight is 312 g/mol. The van der Waals surface area contributed by atoms with Crippen LogP contribution in [0.15, 0.2) is 48.5 Å². The molecule has 0 fully saturated rings. The molecule has 23 heavy (non-hydrogen) atoms. The summed E-state index contributed by atoms with van der Waals surface area (Å²) in [6.45, 7) is 0.774. The van der Waals surface area contributed by atoms with Crippen LogP contribution in [-0.4, -0.2) is 38.2 Å². The number of benzene rings is 2. The molecule has 0 unspecified atom stereocenters. The number of amides is 1. The summed E-state index contributed by atoms with van der Waals surface area (Å²) >= 11 is 0. The zero-order chi connectivity index (χ0) is 16.2. The highest BCUT2D eigenvalue weighted by molar-refractivity contribution is 5.94. The van der Waals surface area contributed by atoms with Crippen LogP contribution < -0.4 is 14.8 Å². The molecular weight excluding hydrogens is 292 g/mol. The summed E-state index contributed by atoms with van der Waals surface area (Å²) in [4.78, 5) is 14.3. The van der Waals surface area contributed by atoms with Crippen molar-refractivity contribution in [2.75, 3.05) is 27.4 Å². The number of rotatable bonds is 5. The van der Waals surface area contributed by atoms with Crippen LogP contribution in [-0.2, 0) is 0 Å². The summed E-state index contributed by atoms with van der Waals surface area (Å²) in [5, 5.41) is 2.99. The lowest BCUT2D eigenvalue weighted by atomic mass is 10.0. The SMILES string of the molecule is CN(C)[C@H](CNC(=O)c1ccccc1)c1ccc2c(c1)OCO2. The Balaban J connectivity index is 1.71. The van der Waals surface area contributed by atoms with Crippen LogP contribution in [0.5, 0.6) is 11.5 Å². The Morgan fingerprint density at radius 1 is 1.13 bits per heavy atom. The maximum Gasteiger partial charge on any atom is 0.251 e. The molecule has 0 aliphatic carbocycles. The number of likely N-dealkylation sites (N-methyl/N-ethyl adjacent to an activating group) is 1. The largest absolute Gasteiger partial charge is 0.454 e. The van der Waals surface area contributed by atoms with E-state index in [2.05, 4.69) is 10.2 Å². The van der Waals surface area contributed by atoms with E-state index in [4.69, 9.17) is 9.47 Å². The fourth-order valence-corrected chi connectivity index (χ4v) is 2.60. The molecule has 1 aliphatic rings. The van der Waals surface area contributed by atoms with Gasteiger partial charge in [-0.05, 0) is 43.9 Å². The van der Waals surface area contributed by atoms with E-state index in [0.29, 0.717) is 12.1 Å². The fraction of sp³-hybridized carbons (Fsp3) is 0.278. The summed E-state index contributed by atoms with van der Waals surface area (Å²) in [6, 6.07) is 15.2. The minimum absolute atomic E-state index is 0.0529. The third-order valence-corrected chi connectivity index (χ3v) is 3.90. The zero-order valence-electron chi connectivity index (χ0n) is 13.3. The smallest absolute Gasteiger partial charge is 0.251 e. The molecule has 0 saturated carbocycles. The van der Waals surface area contributed by atoms with Gasteiger partial charge in [0.15, 0.2) is 11.5 Å². The van der Waals surface area contributed by atoms with E-state index < -0.39 is 0 Å². The number of hydrogen-bond acceptors (Lipinski definition) is 4. The second-order valence-corrected chi connectivity index (χ2v) is 5.67. The molecule has 1 aliphatic heterocycles. The topological polar surface area (TPSA) is 50.8 Å². The third-order valence-electron chi connectivity index (χ3n) is 3.90. The first-order valence-corrected chi connectivity index (χ1v) is 7.54. The van der Waals surface area contributed by atoms with Gasteiger partial charge < -0.3 is 19.7 Å². The Bertz CT molecular complexity index is 686. The van der Waals surface area contributed by atoms with Gasteiger partial charge >= 0.3 is 0 Å². The van der Waals surface area contributed by atoms with Gasteiger partial charge in [0.2, 0.25) is 6.79 Å². The highest BCUT2D eigenvalue weighted by atomic mass is 16.7. The standard InChI is InChI=1S/C18H20N2O3/c1-20(2)15(11-19-18(21)13-6-4-3-5-7-13)14-8-9-16-17(10-14)23-12-22-16/h3-10,15H,11-12H2,1-2H3,(H,19,21)/t15-/m1/s1. The molecule has 1 amide bonds. The summed E-state index contributed by atoms with van der Waals surface area (Å²) in [6.07, 6.45) is 0. The highest BCUT2D eigenvalue weighted by Crippen LogP contribution is 2.34. The van der Waals surface area contributed by atoms with Crippen LogP contribution >= 0.6 is 0 Å². The third kappa shape index (κ3) is 3.46. The first-order chi connectivity index (χ1) is 11.1. The normalized spacial score (nSPS) is 13.9. The predicted molar refractivity (Wildman–Crippen MR) is 87.8 cm³/mol. The van der Waals surface area contributed by atoms with E-state index in [0.717, 1.165) is 17.1 Å². The highest BCUT2D eigenvalue weighted by Gasteiger charge is 2.20. The second-order valence-electron chi connectivity index (χ2n) is 5.67. The zero-order valence-corrected chi connectivity index (χ0v) is 13.3. The lowest BCUT2D eigenvalue weighted by Crippen LogP contribution is -2.34. The van der Waals surface area contributed by atoms with Crippen molar-refractivity contribution >= 4 is 5.91 Å². The average Bonchev–Trinajstić information content (AvgIpc) is 3.03. The van der Waals surface area contributed by atoms with E-state index in [1.165, 1.54) is 0 Å². The van der Waals surface area contributed by atoms with Gasteiger partial charge in [0.1, 0.15) is 0 Å². The molecule has 0 saturated heterocycles. The summed E-state index contributed by atoms with van der Waals surface area (Å²) in [5.41, 5.74) is 1.74. The first kappa shape index (κ1) is 15.4. The van der Waals surface area contributed by atoms with Crippen LogP contribution in [0.25, 0.3) is 0 Å². The molecule has 0 radical (unpaired) electrons. The Labute approximate surface area is 135 Å². The maximum atomic E-state index is 12.2. The van der Waals surface area contributed by atoms with Crippen molar-refractivity contribution in [3.63, 3.8) is 0 Å². The molecule has 0 spiro atoms. The van der Waals surface area contributed by atoms with Gasteiger partial charge in [0.25, 0.3) is 5.91 Å². The minimum Gasteiger partial charge on any atom is -0.454 e. The number of nitrogens with zero attached hydrogens (tertiary/aromatic N) is 1. The summed E-state index contributed by atoms with van der Waals surface area (Å²) in [7, 11) is 3.98. The number of hydrogen-bond donors (Lipinski definition) is 1. The Kier molecular flexibility index (Phi) is 4.48. The van der Waals surface area contributed by atoms with Gasteiger partial charge in [0.05, 0.1) is 6.04 Å². The van der Waals surface area contributed by atoms with Crippen LogP contribution in [0.3, 0.4) is 0 Å². The van der Waals surface area contributed by atoms with Gasteiger partial charge in [-0.1, -0.05) is 24.3 Å². The van der Waals surface area contributed by atoms with E-state index >= 15 is 0 Å². The molecule has 2 aromatic rings. The van der Waals surface area contributed by atoms with Crippen LogP contribution in [0.4, 0.5) is 0 Å². The number of fused-ring (bicyclic) bond motifs is 1. The van der Waals surface area contributed by atoms with Crippen LogP contribution in [0.2, 0.25) is 0 Å². The van der Waals surface area contributed by atoms with Gasteiger partial charge in [-0.15, -0.1) is 0 Å². The minimum atomic E-state index is -0.0711. The molecule has 5 nitrogen and oxygen atoms in total. The molecule has 2 aromatic carbocycles. The first-order valence-electron chi connectivity index (χ1n) is 7.54. The van der Waals surface area contributed by atoms with E-state index in [1.54, 1.807) is 12.1 Å². The Morgan fingerprint density at radius 3 is 2.61 bits per heavy atom. The molecule has 120 valence electrons. The van der Waals surface area contributed by atoms with Gasteiger partial charge in [0, 0.05) is 12.1 Å². The molecular formula is C18H20N2O3. The van der Waals surface area contributed by atoms with E-state index in [1.807, 2.05) is 50.5 Å². The van der Waals surface area contributed by atoms with Crippen LogP contribution in [0.1, 0.15) is 22.0 Å². The monoisotopic (exact) mass is 312 g/mol. The number of ether oxygens (including phenoxy) is 2. The summed E-state index contributed by atoms with van der Waals surface area (Å²) in [5.74, 6) is 1.45. The molecule has 1 N–H and O–H groups in total. The van der Waals surface area contributed by atoms with Crippen molar-refractivity contribution < 1.29 is 14.3 Å². The van der Waals surface area contributed by atoms with Crippen LogP contribution in [0, 0.1) is 0 Å². The summed E-state index contributed by atoms with van der Waals surface area (Å²) < 4.78 is 10.8. The van der Waals surface area contributed by atoms with Crippen molar-refractivity contribution in [2.24, 2.45) is 0 Å². The molecule has 3 rings (SSSR count). The second kappa shape index (κ2) is 6.71. The van der Waals surface area contributed by atoms with Crippen molar-refractivity contribution in [3.8, 4) is 11.5 Å². The maximum absolute atomic E-state index is 12.2. The lowest BCUT2D eigenvalue weighted by molar-refractivity contribution is 0.0942. The van der Waals surface area contributed by atoms with E-state index in [-0.39, 0.29) is 18.7 Å². The quantitative estimate of drug-likeness (QED) is 0.921. The molecule has 0 aromatic heterocycles. The molecule has 5 heteroatoms. The fourth-order valence-electron chi connectivity index (χ4n) is 2.60. The molecule has 1 atom stereocenters. The van der Waals surface area contributed by atoms with Crippen molar-refractivity contribution in [1.29, 1.82) is 0 Å². The van der Waals surface area contributed by atoms with Crippen molar-refractivity contribution in [2.45, 2.75) is 6.04 Å². The van der Waals surface area contributed by atoms with Gasteiger partial charge in [-0.25, -0.2) is 0 Å². The number of nitrogens with one attached hydrogen (secondary N) is 1. The Hall–Kier alpha value is -2.53. The van der Waals surface area contributed by atoms with Crippen molar-refractivity contribution in [1.82, 2.24) is 10.2 Å². The number of carbonyl (C=O) groups excluding carboxylic acids is 1. The Morgan fingerprint density at radius 2 is 1.87 bits per heavy atom. The molecule has 1 heterocycles. The molecule has 0 bridgehead atoms. The van der Waals surface area contributed by atoms with Crippen molar-refractivity contribution in [3.05, 3.63) is 59.7 Å². The predicted octanol–water partition coefficient (Wildman–Crippen LogP) is 2.45.